The Morgan fingerprint density at radius 2 is 1.80 bits per heavy atom. The summed E-state index contributed by atoms with van der Waals surface area (Å²) in [5.41, 5.74) is 5.26. The molecule has 2 aromatic rings. The summed E-state index contributed by atoms with van der Waals surface area (Å²) in [5.74, 6) is 0.0556. The molecule has 1 aliphatic rings. The fraction of sp³-hybridized carbons (Fsp3) is 0.429. The van der Waals surface area contributed by atoms with E-state index in [1.165, 1.54) is 22.8 Å². The second-order valence-electron chi connectivity index (χ2n) is 7.27. The number of aryl methyl sites for hydroxylation is 2. The Morgan fingerprint density at radius 1 is 1.12 bits per heavy atom. The highest BCUT2D eigenvalue weighted by Gasteiger charge is 2.42. The highest BCUT2D eigenvalue weighted by Crippen LogP contribution is 2.40. The average molecular weight is 341 g/mol. The number of benzene rings is 2. The molecular weight excluding hydrogens is 314 g/mol. The normalized spacial score (nSPS) is 16.6. The minimum atomic E-state index is -0.665. The Kier molecular flexibility index (Phi) is 5.13. The number of aromatic hydroxyl groups is 1. The molecule has 0 amide bonds. The van der Waals surface area contributed by atoms with Crippen molar-refractivity contribution in [2.24, 2.45) is 0 Å². The van der Waals surface area contributed by atoms with E-state index in [1.807, 2.05) is 0 Å². The summed E-state index contributed by atoms with van der Waals surface area (Å²) in [7, 11) is 0. The van der Waals surface area contributed by atoms with E-state index < -0.39 is 6.10 Å². The highest BCUT2D eigenvalue weighted by atomic mass is 16.3. The molecular formula is C21H27NO3. The zero-order valence-electron chi connectivity index (χ0n) is 14.9. The Labute approximate surface area is 149 Å². The smallest absolute Gasteiger partial charge is 0.121 e. The molecule has 1 unspecified atom stereocenters. The first-order valence-corrected chi connectivity index (χ1v) is 8.85. The van der Waals surface area contributed by atoms with Gasteiger partial charge in [0, 0.05) is 17.6 Å². The molecule has 3 rings (SSSR count). The number of aliphatic hydroxyl groups excluding tert-OH is 2. The van der Waals surface area contributed by atoms with Crippen LogP contribution in [0, 0.1) is 13.8 Å². The lowest BCUT2D eigenvalue weighted by Gasteiger charge is -2.22. The summed E-state index contributed by atoms with van der Waals surface area (Å²) in [4.78, 5) is 0. The Hall–Kier alpha value is -1.88. The van der Waals surface area contributed by atoms with E-state index in [-0.39, 0.29) is 17.9 Å². The van der Waals surface area contributed by atoms with Crippen LogP contribution in [-0.2, 0) is 13.0 Å². The summed E-state index contributed by atoms with van der Waals surface area (Å²) >= 11 is 0. The van der Waals surface area contributed by atoms with Crippen molar-refractivity contribution in [3.63, 3.8) is 0 Å². The van der Waals surface area contributed by atoms with Gasteiger partial charge in [0.25, 0.3) is 0 Å². The summed E-state index contributed by atoms with van der Waals surface area (Å²) < 4.78 is 0. The molecule has 25 heavy (non-hydrogen) atoms. The first kappa shape index (κ1) is 17.9. The summed E-state index contributed by atoms with van der Waals surface area (Å²) in [6, 6.07) is 11.3. The van der Waals surface area contributed by atoms with E-state index in [1.54, 1.807) is 12.1 Å². The lowest BCUT2D eigenvalue weighted by Crippen LogP contribution is -2.37. The third-order valence-electron chi connectivity index (χ3n) is 5.34. The second-order valence-corrected chi connectivity index (χ2v) is 7.27. The highest BCUT2D eigenvalue weighted by molar-refractivity contribution is 5.37. The maximum Gasteiger partial charge on any atom is 0.121 e. The molecule has 4 nitrogen and oxygen atoms in total. The number of hydrogen-bond donors (Lipinski definition) is 4. The Morgan fingerprint density at radius 3 is 2.40 bits per heavy atom. The van der Waals surface area contributed by atoms with E-state index in [0.717, 1.165) is 19.3 Å². The molecule has 134 valence electrons. The van der Waals surface area contributed by atoms with Crippen molar-refractivity contribution in [1.29, 1.82) is 0 Å². The predicted octanol–water partition coefficient (Wildman–Crippen LogP) is 2.90. The van der Waals surface area contributed by atoms with Gasteiger partial charge in [-0.05, 0) is 67.5 Å². The molecule has 0 aromatic heterocycles. The van der Waals surface area contributed by atoms with Crippen LogP contribution in [-0.4, -0.2) is 27.4 Å². The zero-order chi connectivity index (χ0) is 18.0. The first-order valence-electron chi connectivity index (χ1n) is 8.85. The van der Waals surface area contributed by atoms with Gasteiger partial charge in [-0.3, -0.25) is 0 Å². The topological polar surface area (TPSA) is 72.7 Å². The fourth-order valence-corrected chi connectivity index (χ4v) is 3.40. The van der Waals surface area contributed by atoms with Crippen molar-refractivity contribution >= 4 is 0 Å². The lowest BCUT2D eigenvalue weighted by atomic mass is 9.95. The van der Waals surface area contributed by atoms with E-state index in [9.17, 15) is 15.3 Å². The predicted molar refractivity (Wildman–Crippen MR) is 98.6 cm³/mol. The van der Waals surface area contributed by atoms with Crippen LogP contribution in [0.2, 0.25) is 0 Å². The van der Waals surface area contributed by atoms with E-state index in [2.05, 4.69) is 37.4 Å². The number of aliphatic hydroxyl groups is 2. The number of phenols is 1. The monoisotopic (exact) mass is 341 g/mol. The van der Waals surface area contributed by atoms with Crippen molar-refractivity contribution in [1.82, 2.24) is 5.32 Å². The van der Waals surface area contributed by atoms with Gasteiger partial charge in [-0.1, -0.05) is 24.3 Å². The van der Waals surface area contributed by atoms with Crippen LogP contribution in [0.1, 0.15) is 46.8 Å². The molecule has 0 radical (unpaired) electrons. The molecule has 4 N–H and O–H groups in total. The lowest BCUT2D eigenvalue weighted by molar-refractivity contribution is 0.167. The van der Waals surface area contributed by atoms with Crippen LogP contribution in [0.25, 0.3) is 0 Å². The van der Waals surface area contributed by atoms with Crippen LogP contribution < -0.4 is 5.32 Å². The van der Waals surface area contributed by atoms with Crippen molar-refractivity contribution < 1.29 is 15.3 Å². The van der Waals surface area contributed by atoms with Gasteiger partial charge in [0.15, 0.2) is 0 Å². The van der Waals surface area contributed by atoms with Crippen LogP contribution in [0.5, 0.6) is 5.75 Å². The number of hydrogen-bond acceptors (Lipinski definition) is 4. The average Bonchev–Trinajstić information content (AvgIpc) is 3.37. The molecule has 0 spiro atoms. The van der Waals surface area contributed by atoms with Crippen molar-refractivity contribution in [2.75, 3.05) is 6.54 Å². The summed E-state index contributed by atoms with van der Waals surface area (Å²) in [6.07, 6.45) is 2.55. The Bertz CT molecular complexity index is 733. The SMILES string of the molecule is Cc1cccc(C)c1CC1(NCC(O)c2ccc(O)c(CO)c2)CC1. The van der Waals surface area contributed by atoms with Gasteiger partial charge in [0.1, 0.15) is 5.75 Å². The molecule has 0 aliphatic heterocycles. The largest absolute Gasteiger partial charge is 0.508 e. The number of rotatable bonds is 7. The summed E-state index contributed by atoms with van der Waals surface area (Å²) in [6.45, 7) is 4.52. The van der Waals surface area contributed by atoms with E-state index >= 15 is 0 Å². The molecule has 1 saturated carbocycles. The quantitative estimate of drug-likeness (QED) is 0.625. The minimum Gasteiger partial charge on any atom is -0.508 e. The third-order valence-corrected chi connectivity index (χ3v) is 5.34. The van der Waals surface area contributed by atoms with E-state index in [0.29, 0.717) is 17.7 Å². The molecule has 1 aliphatic carbocycles. The zero-order valence-corrected chi connectivity index (χ0v) is 14.9. The van der Waals surface area contributed by atoms with Gasteiger partial charge in [-0.2, -0.15) is 0 Å². The second kappa shape index (κ2) is 7.16. The molecule has 4 heteroatoms. The number of nitrogens with one attached hydrogen (secondary N) is 1. The van der Waals surface area contributed by atoms with Crippen LogP contribution in [0.4, 0.5) is 0 Å². The molecule has 0 heterocycles. The van der Waals surface area contributed by atoms with Crippen LogP contribution in [0.3, 0.4) is 0 Å². The van der Waals surface area contributed by atoms with Gasteiger partial charge >= 0.3 is 0 Å². The first-order chi connectivity index (χ1) is 11.9. The van der Waals surface area contributed by atoms with Crippen LogP contribution in [0.15, 0.2) is 36.4 Å². The van der Waals surface area contributed by atoms with Gasteiger partial charge in [-0.15, -0.1) is 0 Å². The molecule has 1 fully saturated rings. The van der Waals surface area contributed by atoms with Gasteiger partial charge < -0.3 is 20.6 Å². The van der Waals surface area contributed by atoms with E-state index in [4.69, 9.17) is 0 Å². The van der Waals surface area contributed by atoms with Gasteiger partial charge in [0.2, 0.25) is 0 Å². The van der Waals surface area contributed by atoms with Crippen molar-refractivity contribution in [3.05, 3.63) is 64.2 Å². The maximum atomic E-state index is 10.5. The molecule has 0 bridgehead atoms. The summed E-state index contributed by atoms with van der Waals surface area (Å²) in [5, 5.41) is 32.9. The third kappa shape index (κ3) is 4.03. The van der Waals surface area contributed by atoms with Crippen molar-refractivity contribution in [3.8, 4) is 5.75 Å². The standard InChI is InChI=1S/C21H27NO3/c1-14-4-3-5-15(2)18(14)11-21(8-9-21)22-12-20(25)16-6-7-19(24)17(10-16)13-23/h3-7,10,20,22-25H,8-9,11-13H2,1-2H3. The minimum absolute atomic E-state index is 0.0556. The Balaban J connectivity index is 1.65. The van der Waals surface area contributed by atoms with Crippen molar-refractivity contribution in [2.45, 2.75) is 51.4 Å². The van der Waals surface area contributed by atoms with Gasteiger partial charge in [0.05, 0.1) is 12.7 Å². The maximum absolute atomic E-state index is 10.5. The fourth-order valence-electron chi connectivity index (χ4n) is 3.40. The molecule has 0 saturated heterocycles. The molecule has 2 aromatic carbocycles. The number of β-amino-alcohol motifs (C(OH)–C–C–N with tert-alkyl or cyclic N) is 1. The van der Waals surface area contributed by atoms with Gasteiger partial charge in [-0.25, -0.2) is 0 Å². The van der Waals surface area contributed by atoms with Crippen LogP contribution >= 0.6 is 0 Å². The molecule has 1 atom stereocenters.